The minimum Gasteiger partial charge on any atom is -0.489 e. The summed E-state index contributed by atoms with van der Waals surface area (Å²) in [5, 5.41) is 1.06. The van der Waals surface area contributed by atoms with Crippen LogP contribution in [0.4, 0.5) is 4.39 Å². The smallest absolute Gasteiger partial charge is 0.165 e. The third kappa shape index (κ3) is 4.60. The van der Waals surface area contributed by atoms with Gasteiger partial charge in [-0.1, -0.05) is 60.7 Å². The topological polar surface area (TPSA) is 34.2 Å². The van der Waals surface area contributed by atoms with Crippen LogP contribution in [0.25, 0.3) is 22.2 Å². The lowest BCUT2D eigenvalue weighted by molar-refractivity contribution is 0.290. The van der Waals surface area contributed by atoms with Crippen molar-refractivity contribution in [3.63, 3.8) is 0 Å². The van der Waals surface area contributed by atoms with Gasteiger partial charge in [-0.2, -0.15) is 0 Å². The largest absolute Gasteiger partial charge is 0.489 e. The van der Waals surface area contributed by atoms with Gasteiger partial charge in [0.1, 0.15) is 19.0 Å². The highest BCUT2D eigenvalue weighted by molar-refractivity contribution is 5.91. The fourth-order valence-corrected chi connectivity index (χ4v) is 3.93. The second-order valence-electron chi connectivity index (χ2n) is 8.03. The zero-order chi connectivity index (χ0) is 22.6. The molecule has 164 valence electrons. The number of aromatic nitrogens is 1. The van der Waals surface area contributed by atoms with E-state index in [-0.39, 0.29) is 11.6 Å². The van der Waals surface area contributed by atoms with Crippen LogP contribution in [0.2, 0.25) is 0 Å². The predicted molar refractivity (Wildman–Crippen MR) is 130 cm³/mol. The van der Waals surface area contributed by atoms with Crippen LogP contribution in [0, 0.1) is 12.7 Å². The molecule has 4 heteroatoms. The molecular weight excluding hydrogens is 413 g/mol. The lowest BCUT2D eigenvalue weighted by atomic mass is 10.1. The van der Waals surface area contributed by atoms with Crippen molar-refractivity contribution >= 4 is 10.9 Å². The van der Waals surface area contributed by atoms with Gasteiger partial charge >= 0.3 is 0 Å². The molecule has 0 aliphatic carbocycles. The molecule has 0 atom stereocenters. The number of aryl methyl sites for hydroxylation is 1. The number of hydrogen-bond donors (Lipinski definition) is 1. The standard InChI is InChI=1S/C29H24FNO2/c1-20-25-17-24(32-18-21-8-4-2-5-9-21)13-14-27(25)31-29(20)23-12-15-28(26(30)16-23)33-19-22-10-6-3-7-11-22/h2-17,31H,18-19H2,1H3. The Bertz CT molecular complexity index is 1380. The van der Waals surface area contributed by atoms with Gasteiger partial charge in [-0.25, -0.2) is 4.39 Å². The van der Waals surface area contributed by atoms with Gasteiger partial charge in [-0.05, 0) is 60.0 Å². The van der Waals surface area contributed by atoms with Crippen LogP contribution in [-0.2, 0) is 13.2 Å². The number of rotatable bonds is 7. The lowest BCUT2D eigenvalue weighted by Gasteiger charge is -2.09. The van der Waals surface area contributed by atoms with Crippen molar-refractivity contribution in [1.29, 1.82) is 0 Å². The van der Waals surface area contributed by atoms with Gasteiger partial charge < -0.3 is 14.5 Å². The third-order valence-corrected chi connectivity index (χ3v) is 5.74. The van der Waals surface area contributed by atoms with Crippen molar-refractivity contribution in [2.24, 2.45) is 0 Å². The van der Waals surface area contributed by atoms with Crippen LogP contribution < -0.4 is 9.47 Å². The third-order valence-electron chi connectivity index (χ3n) is 5.74. The first kappa shape index (κ1) is 20.8. The summed E-state index contributed by atoms with van der Waals surface area (Å²) >= 11 is 0. The number of halogens is 1. The van der Waals surface area contributed by atoms with E-state index in [1.165, 1.54) is 6.07 Å². The summed E-state index contributed by atoms with van der Waals surface area (Å²) in [4.78, 5) is 3.42. The SMILES string of the molecule is Cc1c(-c2ccc(OCc3ccccc3)c(F)c2)[nH]c2ccc(OCc3ccccc3)cc12. The molecule has 5 aromatic rings. The molecule has 5 rings (SSSR count). The predicted octanol–water partition coefficient (Wildman–Crippen LogP) is 7.44. The van der Waals surface area contributed by atoms with Gasteiger partial charge in [0, 0.05) is 22.2 Å². The fraction of sp³-hybridized carbons (Fsp3) is 0.103. The van der Waals surface area contributed by atoms with E-state index in [1.807, 2.05) is 91.9 Å². The van der Waals surface area contributed by atoms with Crippen molar-refractivity contribution in [1.82, 2.24) is 4.98 Å². The Morgan fingerprint density at radius 3 is 2.06 bits per heavy atom. The molecule has 0 unspecified atom stereocenters. The molecule has 0 spiro atoms. The summed E-state index contributed by atoms with van der Waals surface area (Å²) in [6.45, 7) is 2.87. The molecule has 0 radical (unpaired) electrons. The van der Waals surface area contributed by atoms with E-state index >= 15 is 0 Å². The van der Waals surface area contributed by atoms with Crippen molar-refractivity contribution in [3.05, 3.63) is 120 Å². The maximum absolute atomic E-state index is 14.8. The zero-order valence-electron chi connectivity index (χ0n) is 18.3. The van der Waals surface area contributed by atoms with Crippen molar-refractivity contribution < 1.29 is 13.9 Å². The van der Waals surface area contributed by atoms with Gasteiger partial charge in [-0.15, -0.1) is 0 Å². The number of benzene rings is 4. The maximum Gasteiger partial charge on any atom is 0.165 e. The molecule has 0 aliphatic heterocycles. The Labute approximate surface area is 192 Å². The van der Waals surface area contributed by atoms with Crippen molar-refractivity contribution in [2.45, 2.75) is 20.1 Å². The second kappa shape index (κ2) is 9.21. The number of fused-ring (bicyclic) bond motifs is 1. The molecule has 4 aromatic carbocycles. The molecule has 1 heterocycles. The molecule has 0 saturated heterocycles. The van der Waals surface area contributed by atoms with Crippen molar-refractivity contribution in [2.75, 3.05) is 0 Å². The quantitative estimate of drug-likeness (QED) is 0.287. The summed E-state index contributed by atoms with van der Waals surface area (Å²) < 4.78 is 26.5. The first-order chi connectivity index (χ1) is 16.2. The average molecular weight is 438 g/mol. The van der Waals surface area contributed by atoms with Crippen LogP contribution in [0.1, 0.15) is 16.7 Å². The number of ether oxygens (including phenoxy) is 2. The molecular formula is C29H24FNO2. The van der Waals surface area contributed by atoms with Gasteiger partial charge in [0.05, 0.1) is 0 Å². The normalized spacial score (nSPS) is 11.0. The minimum atomic E-state index is -0.381. The molecule has 3 nitrogen and oxygen atoms in total. The number of H-pyrrole nitrogens is 1. The minimum absolute atomic E-state index is 0.243. The van der Waals surface area contributed by atoms with E-state index in [2.05, 4.69) is 4.98 Å². The zero-order valence-corrected chi connectivity index (χ0v) is 18.3. The van der Waals surface area contributed by atoms with Crippen molar-refractivity contribution in [3.8, 4) is 22.8 Å². The first-order valence-electron chi connectivity index (χ1n) is 10.9. The summed E-state index contributed by atoms with van der Waals surface area (Å²) in [5.74, 6) is 0.664. The van der Waals surface area contributed by atoms with E-state index in [0.29, 0.717) is 13.2 Å². The summed E-state index contributed by atoms with van der Waals surface area (Å²) in [6, 6.07) is 30.9. The van der Waals surface area contributed by atoms with Crippen LogP contribution in [0.3, 0.4) is 0 Å². The van der Waals surface area contributed by atoms with Crippen LogP contribution in [-0.4, -0.2) is 4.98 Å². The Morgan fingerprint density at radius 2 is 1.39 bits per heavy atom. The van der Waals surface area contributed by atoms with E-state index < -0.39 is 0 Å². The van der Waals surface area contributed by atoms with Gasteiger partial charge in [-0.3, -0.25) is 0 Å². The Hall–Kier alpha value is -4.05. The highest BCUT2D eigenvalue weighted by atomic mass is 19.1. The number of nitrogens with one attached hydrogen (secondary N) is 1. The van der Waals surface area contributed by atoms with Gasteiger partial charge in [0.15, 0.2) is 11.6 Å². The van der Waals surface area contributed by atoms with E-state index in [0.717, 1.165) is 44.6 Å². The van der Waals surface area contributed by atoms with E-state index in [1.54, 1.807) is 6.07 Å². The molecule has 0 bridgehead atoms. The first-order valence-corrected chi connectivity index (χ1v) is 10.9. The molecule has 0 amide bonds. The molecule has 1 N–H and O–H groups in total. The van der Waals surface area contributed by atoms with Crippen LogP contribution in [0.5, 0.6) is 11.5 Å². The summed E-state index contributed by atoms with van der Waals surface area (Å²) in [5.41, 5.74) is 5.82. The Morgan fingerprint density at radius 1 is 0.727 bits per heavy atom. The summed E-state index contributed by atoms with van der Waals surface area (Å²) in [7, 11) is 0. The van der Waals surface area contributed by atoms with Gasteiger partial charge in [0.25, 0.3) is 0 Å². The second-order valence-corrected chi connectivity index (χ2v) is 8.03. The monoisotopic (exact) mass is 437 g/mol. The Balaban J connectivity index is 1.35. The lowest BCUT2D eigenvalue weighted by Crippen LogP contribution is -1.97. The van der Waals surface area contributed by atoms with E-state index in [9.17, 15) is 4.39 Å². The molecule has 0 aliphatic rings. The van der Waals surface area contributed by atoms with E-state index in [4.69, 9.17) is 9.47 Å². The number of hydrogen-bond acceptors (Lipinski definition) is 2. The van der Waals surface area contributed by atoms with Crippen LogP contribution >= 0.6 is 0 Å². The molecule has 0 saturated carbocycles. The van der Waals surface area contributed by atoms with Gasteiger partial charge in [0.2, 0.25) is 0 Å². The number of aromatic amines is 1. The Kier molecular flexibility index (Phi) is 5.81. The highest BCUT2D eigenvalue weighted by Gasteiger charge is 2.13. The fourth-order valence-electron chi connectivity index (χ4n) is 3.93. The maximum atomic E-state index is 14.8. The highest BCUT2D eigenvalue weighted by Crippen LogP contribution is 2.34. The van der Waals surface area contributed by atoms with Crippen LogP contribution in [0.15, 0.2) is 97.1 Å². The molecule has 33 heavy (non-hydrogen) atoms. The molecule has 0 fully saturated rings. The summed E-state index contributed by atoms with van der Waals surface area (Å²) in [6.07, 6.45) is 0. The molecule has 1 aromatic heterocycles. The average Bonchev–Trinajstić information content (AvgIpc) is 3.19.